The van der Waals surface area contributed by atoms with Crippen molar-refractivity contribution in [3.05, 3.63) is 53.3 Å². The lowest BCUT2D eigenvalue weighted by Crippen LogP contribution is -2.02. The molecule has 5 heteroatoms. The van der Waals surface area contributed by atoms with Crippen LogP contribution >= 0.6 is 0 Å². The smallest absolute Gasteiger partial charge is 0.131 e. The molecule has 0 spiro atoms. The Morgan fingerprint density at radius 2 is 2.00 bits per heavy atom. The maximum absolute atomic E-state index is 13.9. The van der Waals surface area contributed by atoms with Crippen molar-refractivity contribution in [1.29, 1.82) is 0 Å². The molecule has 2 rings (SSSR count). The summed E-state index contributed by atoms with van der Waals surface area (Å²) >= 11 is 0. The molecule has 0 heterocycles. The molecule has 0 aliphatic rings. The molecule has 2 N–H and O–H groups in total. The molecule has 0 aromatic heterocycles. The fourth-order valence-corrected chi connectivity index (χ4v) is 3.22. The second kappa shape index (κ2) is 6.05. The van der Waals surface area contributed by atoms with Crippen molar-refractivity contribution in [1.82, 2.24) is 0 Å². The summed E-state index contributed by atoms with van der Waals surface area (Å²) in [6, 6.07) is 9.78. The van der Waals surface area contributed by atoms with Crippen LogP contribution in [0.25, 0.3) is 0 Å². The Morgan fingerprint density at radius 3 is 2.65 bits per heavy atom. The highest BCUT2D eigenvalue weighted by atomic mass is 32.2. The van der Waals surface area contributed by atoms with Gasteiger partial charge in [-0.25, -0.2) is 4.39 Å². The van der Waals surface area contributed by atoms with E-state index in [1.165, 1.54) is 13.2 Å². The SMILES string of the molecule is COc1ccc(CS(=O)c2cc(N)ccc2C)c(F)c1. The monoisotopic (exact) mass is 293 g/mol. The predicted octanol–water partition coefficient (Wildman–Crippen LogP) is 3.03. The first kappa shape index (κ1) is 14.5. The van der Waals surface area contributed by atoms with Crippen molar-refractivity contribution >= 4 is 16.5 Å². The third-order valence-corrected chi connectivity index (χ3v) is 4.51. The summed E-state index contributed by atoms with van der Waals surface area (Å²) in [6.07, 6.45) is 0. The Labute approximate surface area is 120 Å². The van der Waals surface area contributed by atoms with E-state index in [1.54, 1.807) is 24.3 Å². The largest absolute Gasteiger partial charge is 0.497 e. The number of anilines is 1. The van der Waals surface area contributed by atoms with Crippen molar-refractivity contribution in [3.8, 4) is 5.75 Å². The van der Waals surface area contributed by atoms with Crippen LogP contribution in [-0.4, -0.2) is 11.3 Å². The van der Waals surface area contributed by atoms with Crippen molar-refractivity contribution < 1.29 is 13.3 Å². The Bertz CT molecular complexity index is 658. The number of rotatable bonds is 4. The van der Waals surface area contributed by atoms with E-state index in [4.69, 9.17) is 10.5 Å². The number of benzene rings is 2. The minimum absolute atomic E-state index is 0.111. The topological polar surface area (TPSA) is 52.3 Å². The van der Waals surface area contributed by atoms with Gasteiger partial charge in [-0.2, -0.15) is 0 Å². The summed E-state index contributed by atoms with van der Waals surface area (Å²) in [5.74, 6) is 0.136. The zero-order valence-corrected chi connectivity index (χ0v) is 12.2. The highest BCUT2D eigenvalue weighted by molar-refractivity contribution is 7.84. The summed E-state index contributed by atoms with van der Waals surface area (Å²) in [4.78, 5) is 0.639. The third kappa shape index (κ3) is 3.17. The molecule has 2 aromatic carbocycles. The molecular weight excluding hydrogens is 277 g/mol. The molecule has 1 atom stereocenters. The first-order chi connectivity index (χ1) is 9.51. The molecule has 0 bridgehead atoms. The highest BCUT2D eigenvalue weighted by Crippen LogP contribution is 2.22. The van der Waals surface area contributed by atoms with Gasteiger partial charge in [0, 0.05) is 22.2 Å². The summed E-state index contributed by atoms with van der Waals surface area (Å²) < 4.78 is 31.1. The van der Waals surface area contributed by atoms with Crippen LogP contribution in [0, 0.1) is 12.7 Å². The van der Waals surface area contributed by atoms with E-state index < -0.39 is 16.6 Å². The van der Waals surface area contributed by atoms with Gasteiger partial charge in [-0.05, 0) is 30.7 Å². The second-order valence-corrected chi connectivity index (χ2v) is 5.89. The van der Waals surface area contributed by atoms with Gasteiger partial charge in [0.25, 0.3) is 0 Å². The van der Waals surface area contributed by atoms with Gasteiger partial charge in [-0.1, -0.05) is 12.1 Å². The van der Waals surface area contributed by atoms with Gasteiger partial charge in [-0.15, -0.1) is 0 Å². The first-order valence-corrected chi connectivity index (χ1v) is 7.40. The van der Waals surface area contributed by atoms with Gasteiger partial charge in [0.05, 0.1) is 23.7 Å². The zero-order chi connectivity index (χ0) is 14.7. The van der Waals surface area contributed by atoms with Crippen LogP contribution < -0.4 is 10.5 Å². The van der Waals surface area contributed by atoms with Crippen molar-refractivity contribution in [2.45, 2.75) is 17.6 Å². The molecule has 0 radical (unpaired) electrons. The average Bonchev–Trinajstić information content (AvgIpc) is 2.43. The Balaban J connectivity index is 2.25. The number of halogens is 1. The molecule has 0 aliphatic heterocycles. The summed E-state index contributed by atoms with van der Waals surface area (Å²) in [5, 5.41) is 0. The van der Waals surface area contributed by atoms with E-state index in [1.807, 2.05) is 13.0 Å². The fraction of sp³-hybridized carbons (Fsp3) is 0.200. The van der Waals surface area contributed by atoms with Crippen LogP contribution in [0.15, 0.2) is 41.3 Å². The van der Waals surface area contributed by atoms with E-state index in [0.717, 1.165) is 5.56 Å². The lowest BCUT2D eigenvalue weighted by molar-refractivity contribution is 0.411. The standard InChI is InChI=1S/C15H16FNO2S/c1-10-3-5-12(17)7-15(10)20(18)9-11-4-6-13(19-2)8-14(11)16/h3-8H,9,17H2,1-2H3. The van der Waals surface area contributed by atoms with Crippen molar-refractivity contribution in [2.24, 2.45) is 0 Å². The molecule has 0 aliphatic carbocycles. The van der Waals surface area contributed by atoms with Gasteiger partial charge >= 0.3 is 0 Å². The molecule has 20 heavy (non-hydrogen) atoms. The Kier molecular flexibility index (Phi) is 4.39. The summed E-state index contributed by atoms with van der Waals surface area (Å²) in [5.41, 5.74) is 7.53. The molecule has 0 amide bonds. The molecule has 0 saturated carbocycles. The van der Waals surface area contributed by atoms with Crippen molar-refractivity contribution in [2.75, 3.05) is 12.8 Å². The zero-order valence-electron chi connectivity index (χ0n) is 11.4. The van der Waals surface area contributed by atoms with E-state index in [9.17, 15) is 8.60 Å². The van der Waals surface area contributed by atoms with Crippen LogP contribution in [0.2, 0.25) is 0 Å². The molecule has 0 fully saturated rings. The van der Waals surface area contributed by atoms with Gasteiger partial charge in [0.15, 0.2) is 0 Å². The predicted molar refractivity (Wildman–Crippen MR) is 78.7 cm³/mol. The third-order valence-electron chi connectivity index (χ3n) is 3.00. The first-order valence-electron chi connectivity index (χ1n) is 6.08. The maximum Gasteiger partial charge on any atom is 0.131 e. The highest BCUT2D eigenvalue weighted by Gasteiger charge is 2.12. The number of nitrogens with two attached hydrogens (primary N) is 1. The van der Waals surface area contributed by atoms with Gasteiger partial charge < -0.3 is 10.5 Å². The average molecular weight is 293 g/mol. The number of aryl methyl sites for hydroxylation is 1. The van der Waals surface area contributed by atoms with Gasteiger partial charge in [0.2, 0.25) is 0 Å². The lowest BCUT2D eigenvalue weighted by atomic mass is 10.2. The molecule has 2 aromatic rings. The van der Waals surface area contributed by atoms with Crippen LogP contribution in [-0.2, 0) is 16.6 Å². The van der Waals surface area contributed by atoms with E-state index in [0.29, 0.717) is 21.9 Å². The Morgan fingerprint density at radius 1 is 1.25 bits per heavy atom. The van der Waals surface area contributed by atoms with Crippen molar-refractivity contribution in [3.63, 3.8) is 0 Å². The second-order valence-electron chi connectivity index (χ2n) is 4.47. The number of ether oxygens (including phenoxy) is 1. The van der Waals surface area contributed by atoms with Gasteiger partial charge in [0.1, 0.15) is 11.6 Å². The summed E-state index contributed by atoms with van der Waals surface area (Å²) in [7, 11) is 0.139. The quantitative estimate of drug-likeness (QED) is 0.882. The number of methoxy groups -OCH3 is 1. The molecule has 106 valence electrons. The molecule has 1 unspecified atom stereocenters. The fourth-order valence-electron chi connectivity index (χ4n) is 1.85. The summed E-state index contributed by atoms with van der Waals surface area (Å²) in [6.45, 7) is 1.86. The van der Waals surface area contributed by atoms with Crippen LogP contribution in [0.3, 0.4) is 0 Å². The Hall–Kier alpha value is -1.88. The number of hydrogen-bond acceptors (Lipinski definition) is 3. The van der Waals surface area contributed by atoms with Crippen LogP contribution in [0.5, 0.6) is 5.75 Å². The normalized spacial score (nSPS) is 12.2. The van der Waals surface area contributed by atoms with Crippen LogP contribution in [0.1, 0.15) is 11.1 Å². The van der Waals surface area contributed by atoms with E-state index >= 15 is 0 Å². The van der Waals surface area contributed by atoms with Gasteiger partial charge in [-0.3, -0.25) is 4.21 Å². The minimum atomic E-state index is -1.34. The van der Waals surface area contributed by atoms with E-state index in [2.05, 4.69) is 0 Å². The lowest BCUT2D eigenvalue weighted by Gasteiger charge is -2.09. The maximum atomic E-state index is 13.9. The van der Waals surface area contributed by atoms with Crippen LogP contribution in [0.4, 0.5) is 10.1 Å². The number of hydrogen-bond donors (Lipinski definition) is 1. The molecular formula is C15H16FNO2S. The molecule has 3 nitrogen and oxygen atoms in total. The molecule has 0 saturated heterocycles. The number of nitrogen functional groups attached to an aromatic ring is 1. The minimum Gasteiger partial charge on any atom is -0.497 e. The van der Waals surface area contributed by atoms with E-state index in [-0.39, 0.29) is 5.75 Å².